The highest BCUT2D eigenvalue weighted by Crippen LogP contribution is 2.16. The molecule has 16 heavy (non-hydrogen) atoms. The van der Waals surface area contributed by atoms with Gasteiger partial charge in [0.25, 0.3) is 0 Å². The number of aryl methyl sites for hydroxylation is 1. The summed E-state index contributed by atoms with van der Waals surface area (Å²) in [6.07, 6.45) is 1.58. The normalized spacial score (nSPS) is 10.0. The van der Waals surface area contributed by atoms with Crippen molar-refractivity contribution in [1.82, 2.24) is 4.98 Å². The number of hydrogen-bond acceptors (Lipinski definition) is 4. The zero-order valence-electron chi connectivity index (χ0n) is 10.3. The number of methoxy groups -OCH3 is 1. The first kappa shape index (κ1) is 12.5. The molecule has 0 aliphatic rings. The summed E-state index contributed by atoms with van der Waals surface area (Å²) in [5, 5.41) is 0. The van der Waals surface area contributed by atoms with Crippen molar-refractivity contribution in [3.63, 3.8) is 0 Å². The SMILES string of the molecule is CCN(CC)c1cc(C)c(C(=O)OC)cn1. The molecule has 0 N–H and O–H groups in total. The molecule has 0 saturated heterocycles. The predicted molar refractivity (Wildman–Crippen MR) is 63.9 cm³/mol. The van der Waals surface area contributed by atoms with Crippen LogP contribution in [0.5, 0.6) is 0 Å². The summed E-state index contributed by atoms with van der Waals surface area (Å²) in [6, 6.07) is 1.92. The molecule has 0 amide bonds. The number of hydrogen-bond donors (Lipinski definition) is 0. The van der Waals surface area contributed by atoms with Crippen LogP contribution in [0.2, 0.25) is 0 Å². The molecule has 0 aliphatic carbocycles. The highest BCUT2D eigenvalue weighted by Gasteiger charge is 2.12. The lowest BCUT2D eigenvalue weighted by molar-refractivity contribution is 0.0599. The Balaban J connectivity index is 3.03. The number of carbonyl (C=O) groups is 1. The summed E-state index contributed by atoms with van der Waals surface area (Å²) in [6.45, 7) is 7.85. The molecule has 0 aliphatic heterocycles. The van der Waals surface area contributed by atoms with Gasteiger partial charge in [0.1, 0.15) is 5.82 Å². The van der Waals surface area contributed by atoms with E-state index in [0.29, 0.717) is 5.56 Å². The fraction of sp³-hybridized carbons (Fsp3) is 0.500. The molecule has 0 atom stereocenters. The first-order chi connectivity index (χ1) is 7.63. The van der Waals surface area contributed by atoms with Crippen molar-refractivity contribution in [2.24, 2.45) is 0 Å². The van der Waals surface area contributed by atoms with Crippen molar-refractivity contribution >= 4 is 11.8 Å². The number of anilines is 1. The van der Waals surface area contributed by atoms with E-state index in [9.17, 15) is 4.79 Å². The Bertz CT molecular complexity index is 373. The van der Waals surface area contributed by atoms with Crippen LogP contribution in [0.4, 0.5) is 5.82 Å². The zero-order valence-corrected chi connectivity index (χ0v) is 10.3. The molecular formula is C12H18N2O2. The van der Waals surface area contributed by atoms with Gasteiger partial charge in [-0.25, -0.2) is 9.78 Å². The van der Waals surface area contributed by atoms with Crippen LogP contribution in [-0.2, 0) is 4.74 Å². The van der Waals surface area contributed by atoms with Gasteiger partial charge in [-0.15, -0.1) is 0 Å². The van der Waals surface area contributed by atoms with Gasteiger partial charge in [-0.1, -0.05) is 0 Å². The summed E-state index contributed by atoms with van der Waals surface area (Å²) in [7, 11) is 1.38. The fourth-order valence-corrected chi connectivity index (χ4v) is 1.59. The van der Waals surface area contributed by atoms with Crippen LogP contribution in [0.3, 0.4) is 0 Å². The molecule has 88 valence electrons. The third-order valence-electron chi connectivity index (χ3n) is 2.59. The van der Waals surface area contributed by atoms with Crippen molar-refractivity contribution in [3.8, 4) is 0 Å². The molecule has 0 radical (unpaired) electrons. The lowest BCUT2D eigenvalue weighted by Gasteiger charge is -2.20. The van der Waals surface area contributed by atoms with E-state index >= 15 is 0 Å². The first-order valence-electron chi connectivity index (χ1n) is 5.43. The van der Waals surface area contributed by atoms with Gasteiger partial charge >= 0.3 is 5.97 Å². The summed E-state index contributed by atoms with van der Waals surface area (Å²) >= 11 is 0. The summed E-state index contributed by atoms with van der Waals surface area (Å²) in [5.74, 6) is 0.561. The van der Waals surface area contributed by atoms with Gasteiger partial charge in [0.2, 0.25) is 0 Å². The van der Waals surface area contributed by atoms with Crippen LogP contribution in [0.25, 0.3) is 0 Å². The second-order valence-corrected chi connectivity index (χ2v) is 3.52. The molecule has 0 bridgehead atoms. The average molecular weight is 222 g/mol. The second-order valence-electron chi connectivity index (χ2n) is 3.52. The molecule has 1 heterocycles. The van der Waals surface area contributed by atoms with Crippen LogP contribution < -0.4 is 4.90 Å². The Morgan fingerprint density at radius 2 is 2.06 bits per heavy atom. The zero-order chi connectivity index (χ0) is 12.1. The Labute approximate surface area is 96.2 Å². The molecule has 1 aromatic rings. The lowest BCUT2D eigenvalue weighted by Crippen LogP contribution is -2.23. The van der Waals surface area contributed by atoms with Crippen LogP contribution in [-0.4, -0.2) is 31.2 Å². The van der Waals surface area contributed by atoms with Crippen molar-refractivity contribution in [3.05, 3.63) is 23.4 Å². The van der Waals surface area contributed by atoms with Gasteiger partial charge in [0.15, 0.2) is 0 Å². The van der Waals surface area contributed by atoms with E-state index in [1.54, 1.807) is 6.20 Å². The number of carbonyl (C=O) groups excluding carboxylic acids is 1. The number of aromatic nitrogens is 1. The Hall–Kier alpha value is -1.58. The molecule has 0 unspecified atom stereocenters. The number of ether oxygens (including phenoxy) is 1. The van der Waals surface area contributed by atoms with E-state index in [1.807, 2.05) is 13.0 Å². The van der Waals surface area contributed by atoms with Gasteiger partial charge in [-0.3, -0.25) is 0 Å². The highest BCUT2D eigenvalue weighted by atomic mass is 16.5. The van der Waals surface area contributed by atoms with E-state index in [-0.39, 0.29) is 5.97 Å². The number of nitrogens with zero attached hydrogens (tertiary/aromatic N) is 2. The van der Waals surface area contributed by atoms with E-state index < -0.39 is 0 Å². The number of rotatable bonds is 4. The minimum atomic E-state index is -0.337. The number of pyridine rings is 1. The molecule has 4 heteroatoms. The highest BCUT2D eigenvalue weighted by molar-refractivity contribution is 5.90. The van der Waals surface area contributed by atoms with E-state index in [4.69, 9.17) is 0 Å². The van der Waals surface area contributed by atoms with Crippen molar-refractivity contribution in [2.45, 2.75) is 20.8 Å². The first-order valence-corrected chi connectivity index (χ1v) is 5.43. The molecule has 0 fully saturated rings. The van der Waals surface area contributed by atoms with Gasteiger partial charge in [-0.05, 0) is 32.4 Å². The minimum absolute atomic E-state index is 0.337. The summed E-state index contributed by atoms with van der Waals surface area (Å²) in [4.78, 5) is 17.8. The standard InChI is InChI=1S/C12H18N2O2/c1-5-14(6-2)11-7-9(3)10(8-13-11)12(15)16-4/h7-8H,5-6H2,1-4H3. The molecule has 1 rings (SSSR count). The molecular weight excluding hydrogens is 204 g/mol. The van der Waals surface area contributed by atoms with E-state index in [0.717, 1.165) is 24.5 Å². The number of esters is 1. The van der Waals surface area contributed by atoms with E-state index in [1.165, 1.54) is 7.11 Å². The molecule has 4 nitrogen and oxygen atoms in total. The van der Waals surface area contributed by atoms with Gasteiger partial charge in [0, 0.05) is 19.3 Å². The van der Waals surface area contributed by atoms with Crippen LogP contribution >= 0.6 is 0 Å². The Morgan fingerprint density at radius 3 is 2.50 bits per heavy atom. The van der Waals surface area contributed by atoms with Gasteiger partial charge in [-0.2, -0.15) is 0 Å². The third-order valence-corrected chi connectivity index (χ3v) is 2.59. The summed E-state index contributed by atoms with van der Waals surface area (Å²) < 4.78 is 4.68. The van der Waals surface area contributed by atoms with Gasteiger partial charge < -0.3 is 9.64 Å². The molecule has 0 aromatic carbocycles. The van der Waals surface area contributed by atoms with E-state index in [2.05, 4.69) is 28.5 Å². The third kappa shape index (κ3) is 2.51. The lowest BCUT2D eigenvalue weighted by atomic mass is 10.1. The minimum Gasteiger partial charge on any atom is -0.465 e. The molecule has 1 aromatic heterocycles. The van der Waals surface area contributed by atoms with Crippen LogP contribution in [0.1, 0.15) is 29.8 Å². The maximum atomic E-state index is 11.4. The summed E-state index contributed by atoms with van der Waals surface area (Å²) in [5.41, 5.74) is 1.42. The Morgan fingerprint density at radius 1 is 1.44 bits per heavy atom. The smallest absolute Gasteiger partial charge is 0.339 e. The van der Waals surface area contributed by atoms with Crippen LogP contribution in [0, 0.1) is 6.92 Å². The second kappa shape index (κ2) is 5.49. The van der Waals surface area contributed by atoms with Crippen molar-refractivity contribution in [1.29, 1.82) is 0 Å². The van der Waals surface area contributed by atoms with Gasteiger partial charge in [0.05, 0.1) is 12.7 Å². The monoisotopic (exact) mass is 222 g/mol. The van der Waals surface area contributed by atoms with Crippen molar-refractivity contribution < 1.29 is 9.53 Å². The van der Waals surface area contributed by atoms with Crippen LogP contribution in [0.15, 0.2) is 12.3 Å². The maximum Gasteiger partial charge on any atom is 0.339 e. The fourth-order valence-electron chi connectivity index (χ4n) is 1.59. The quantitative estimate of drug-likeness (QED) is 0.731. The molecule has 0 spiro atoms. The predicted octanol–water partition coefficient (Wildman–Crippen LogP) is 2.02. The largest absolute Gasteiger partial charge is 0.465 e. The average Bonchev–Trinajstić information content (AvgIpc) is 2.30. The van der Waals surface area contributed by atoms with Crippen molar-refractivity contribution in [2.75, 3.05) is 25.1 Å². The topological polar surface area (TPSA) is 42.4 Å². The maximum absolute atomic E-state index is 11.4. The molecule has 0 saturated carbocycles. The Kier molecular flexibility index (Phi) is 4.28.